The number of nitrogens with one attached hydrogen (secondary N) is 1. The first-order valence-electron chi connectivity index (χ1n) is 8.71. The van der Waals surface area contributed by atoms with Crippen molar-refractivity contribution in [3.8, 4) is 5.75 Å². The molecule has 0 aliphatic rings. The molecule has 0 saturated carbocycles. The van der Waals surface area contributed by atoms with Crippen molar-refractivity contribution >= 4 is 23.1 Å². The van der Waals surface area contributed by atoms with Crippen LogP contribution in [0.1, 0.15) is 21.5 Å². The molecule has 0 aliphatic carbocycles. The van der Waals surface area contributed by atoms with Gasteiger partial charge in [-0.25, -0.2) is 4.98 Å². The Morgan fingerprint density at radius 1 is 1.04 bits per heavy atom. The molecule has 5 heteroatoms. The summed E-state index contributed by atoms with van der Waals surface area (Å²) in [7, 11) is 3.38. The topological polar surface area (TPSA) is 54.5 Å². The lowest BCUT2D eigenvalue weighted by Crippen LogP contribution is -2.27. The molecule has 138 valence electrons. The van der Waals surface area contributed by atoms with E-state index in [4.69, 9.17) is 4.74 Å². The summed E-state index contributed by atoms with van der Waals surface area (Å²) in [6.07, 6.45) is 1.66. The Morgan fingerprint density at radius 3 is 2.44 bits per heavy atom. The van der Waals surface area contributed by atoms with Gasteiger partial charge in [0.2, 0.25) is 0 Å². The molecule has 2 aromatic carbocycles. The molecule has 0 saturated heterocycles. The van der Waals surface area contributed by atoms with Crippen LogP contribution in [0.4, 0.5) is 17.2 Å². The van der Waals surface area contributed by atoms with Crippen LogP contribution in [0.25, 0.3) is 0 Å². The van der Waals surface area contributed by atoms with E-state index in [9.17, 15) is 4.79 Å². The van der Waals surface area contributed by atoms with Crippen LogP contribution in [0.5, 0.6) is 5.75 Å². The van der Waals surface area contributed by atoms with Crippen LogP contribution >= 0.6 is 0 Å². The number of ether oxygens (including phenoxy) is 1. The van der Waals surface area contributed by atoms with Gasteiger partial charge in [-0.2, -0.15) is 0 Å². The molecule has 3 rings (SSSR count). The highest BCUT2D eigenvalue weighted by atomic mass is 16.5. The van der Waals surface area contributed by atoms with Crippen molar-refractivity contribution in [1.29, 1.82) is 0 Å². The summed E-state index contributed by atoms with van der Waals surface area (Å²) in [5, 5.41) is 3.22. The standard InChI is InChI=1S/C22H23N3O2/c1-15-12-16(2)14-17(13-15)25(3)22(26)18-8-7-11-23-21(18)24-19-9-5-6-10-20(19)27-4/h5-14H,1-4H3,(H,23,24). The highest BCUT2D eigenvalue weighted by Gasteiger charge is 2.19. The molecular formula is C22H23N3O2. The molecule has 1 aromatic heterocycles. The van der Waals surface area contributed by atoms with Crippen molar-refractivity contribution in [3.63, 3.8) is 0 Å². The molecule has 0 unspecified atom stereocenters. The van der Waals surface area contributed by atoms with Crippen molar-refractivity contribution < 1.29 is 9.53 Å². The fourth-order valence-corrected chi connectivity index (χ4v) is 3.00. The summed E-state index contributed by atoms with van der Waals surface area (Å²) in [5.74, 6) is 1.04. The summed E-state index contributed by atoms with van der Waals surface area (Å²) in [6, 6.07) is 17.1. The molecule has 0 fully saturated rings. The molecule has 3 aromatic rings. The SMILES string of the molecule is COc1ccccc1Nc1ncccc1C(=O)N(C)c1cc(C)cc(C)c1. The van der Waals surface area contributed by atoms with E-state index in [2.05, 4.69) is 16.4 Å². The Kier molecular flexibility index (Phi) is 5.41. The monoisotopic (exact) mass is 361 g/mol. The predicted octanol–water partition coefficient (Wildman–Crippen LogP) is 4.73. The first kappa shape index (κ1) is 18.5. The minimum atomic E-state index is -0.134. The van der Waals surface area contributed by atoms with Gasteiger partial charge in [0.15, 0.2) is 0 Å². The van der Waals surface area contributed by atoms with Gasteiger partial charge in [0, 0.05) is 18.9 Å². The number of rotatable bonds is 5. The van der Waals surface area contributed by atoms with Crippen molar-refractivity contribution in [3.05, 3.63) is 77.5 Å². The Morgan fingerprint density at radius 2 is 1.74 bits per heavy atom. The minimum Gasteiger partial charge on any atom is -0.495 e. The molecule has 0 bridgehead atoms. The average molecular weight is 361 g/mol. The zero-order valence-corrected chi connectivity index (χ0v) is 16.0. The molecule has 0 spiro atoms. The van der Waals surface area contributed by atoms with E-state index in [1.807, 2.05) is 50.2 Å². The van der Waals surface area contributed by atoms with Gasteiger partial charge < -0.3 is 15.0 Å². The number of benzene rings is 2. The molecule has 27 heavy (non-hydrogen) atoms. The van der Waals surface area contributed by atoms with Gasteiger partial charge in [0.25, 0.3) is 5.91 Å². The van der Waals surface area contributed by atoms with Gasteiger partial charge in [-0.1, -0.05) is 18.2 Å². The number of carbonyl (C=O) groups is 1. The second kappa shape index (κ2) is 7.91. The highest BCUT2D eigenvalue weighted by Crippen LogP contribution is 2.28. The minimum absolute atomic E-state index is 0.134. The number of methoxy groups -OCH3 is 1. The van der Waals surface area contributed by atoms with Gasteiger partial charge in [-0.3, -0.25) is 4.79 Å². The van der Waals surface area contributed by atoms with Crippen LogP contribution in [0.15, 0.2) is 60.8 Å². The Balaban J connectivity index is 1.94. The molecule has 0 atom stereocenters. The van der Waals surface area contributed by atoms with E-state index in [1.54, 1.807) is 37.4 Å². The second-order valence-corrected chi connectivity index (χ2v) is 6.43. The van der Waals surface area contributed by atoms with Crippen LogP contribution in [0, 0.1) is 13.8 Å². The Bertz CT molecular complexity index is 949. The zero-order chi connectivity index (χ0) is 19.4. The van der Waals surface area contributed by atoms with Crippen LogP contribution in [0.2, 0.25) is 0 Å². The van der Waals surface area contributed by atoms with Crippen LogP contribution in [-0.4, -0.2) is 25.0 Å². The third kappa shape index (κ3) is 4.08. The maximum Gasteiger partial charge on any atom is 0.261 e. The molecule has 1 amide bonds. The quantitative estimate of drug-likeness (QED) is 0.714. The third-order valence-electron chi connectivity index (χ3n) is 4.30. The zero-order valence-electron chi connectivity index (χ0n) is 16.0. The Labute approximate surface area is 159 Å². The molecule has 0 aliphatic heterocycles. The van der Waals surface area contributed by atoms with E-state index in [0.29, 0.717) is 17.1 Å². The predicted molar refractivity (Wildman–Crippen MR) is 109 cm³/mol. The smallest absolute Gasteiger partial charge is 0.261 e. The summed E-state index contributed by atoms with van der Waals surface area (Å²) in [5.41, 5.74) is 4.32. The molecular weight excluding hydrogens is 338 g/mol. The fourth-order valence-electron chi connectivity index (χ4n) is 3.00. The third-order valence-corrected chi connectivity index (χ3v) is 4.30. The summed E-state index contributed by atoms with van der Waals surface area (Å²) in [4.78, 5) is 19.2. The number of nitrogens with zero attached hydrogens (tertiary/aromatic N) is 2. The molecule has 0 radical (unpaired) electrons. The summed E-state index contributed by atoms with van der Waals surface area (Å²) < 4.78 is 5.38. The number of hydrogen-bond donors (Lipinski definition) is 1. The van der Waals surface area contributed by atoms with Gasteiger partial charge in [0.05, 0.1) is 18.4 Å². The molecule has 1 heterocycles. The van der Waals surface area contributed by atoms with Crippen LogP contribution in [0.3, 0.4) is 0 Å². The van der Waals surface area contributed by atoms with E-state index in [-0.39, 0.29) is 5.91 Å². The summed E-state index contributed by atoms with van der Waals surface area (Å²) >= 11 is 0. The van der Waals surface area contributed by atoms with Gasteiger partial charge in [-0.15, -0.1) is 0 Å². The summed E-state index contributed by atoms with van der Waals surface area (Å²) in [6.45, 7) is 4.04. The van der Waals surface area contributed by atoms with Crippen molar-refractivity contribution in [2.24, 2.45) is 0 Å². The number of carbonyl (C=O) groups excluding carboxylic acids is 1. The van der Waals surface area contributed by atoms with E-state index in [0.717, 1.165) is 22.5 Å². The largest absolute Gasteiger partial charge is 0.495 e. The van der Waals surface area contributed by atoms with Crippen molar-refractivity contribution in [1.82, 2.24) is 4.98 Å². The average Bonchev–Trinajstić information content (AvgIpc) is 2.67. The number of aromatic nitrogens is 1. The lowest BCUT2D eigenvalue weighted by molar-refractivity contribution is 0.0993. The van der Waals surface area contributed by atoms with E-state index in [1.165, 1.54) is 0 Å². The first-order valence-corrected chi connectivity index (χ1v) is 8.71. The van der Waals surface area contributed by atoms with E-state index >= 15 is 0 Å². The normalized spacial score (nSPS) is 10.4. The maximum atomic E-state index is 13.1. The highest BCUT2D eigenvalue weighted by molar-refractivity contribution is 6.09. The van der Waals surface area contributed by atoms with Crippen LogP contribution < -0.4 is 15.0 Å². The molecule has 5 nitrogen and oxygen atoms in total. The van der Waals surface area contributed by atoms with Crippen molar-refractivity contribution in [2.45, 2.75) is 13.8 Å². The van der Waals surface area contributed by atoms with Crippen molar-refractivity contribution in [2.75, 3.05) is 24.4 Å². The number of aryl methyl sites for hydroxylation is 2. The van der Waals surface area contributed by atoms with Gasteiger partial charge in [-0.05, 0) is 61.4 Å². The number of amides is 1. The van der Waals surface area contributed by atoms with Crippen LogP contribution in [-0.2, 0) is 0 Å². The lowest BCUT2D eigenvalue weighted by atomic mass is 10.1. The number of para-hydroxylation sites is 2. The van der Waals surface area contributed by atoms with E-state index < -0.39 is 0 Å². The fraction of sp³-hybridized carbons (Fsp3) is 0.182. The number of anilines is 3. The first-order chi connectivity index (χ1) is 13.0. The number of pyridine rings is 1. The second-order valence-electron chi connectivity index (χ2n) is 6.43. The Hall–Kier alpha value is -3.34. The lowest BCUT2D eigenvalue weighted by Gasteiger charge is -2.20. The van der Waals surface area contributed by atoms with Gasteiger partial charge in [0.1, 0.15) is 11.6 Å². The number of hydrogen-bond acceptors (Lipinski definition) is 4. The molecule has 1 N–H and O–H groups in total. The van der Waals surface area contributed by atoms with Gasteiger partial charge >= 0.3 is 0 Å². The maximum absolute atomic E-state index is 13.1.